The van der Waals surface area contributed by atoms with Gasteiger partial charge in [0.2, 0.25) is 0 Å². The zero-order valence-corrected chi connectivity index (χ0v) is 12.9. The Hall–Kier alpha value is -0.650. The van der Waals surface area contributed by atoms with E-state index in [1.54, 1.807) is 11.3 Å². The molecule has 0 aliphatic carbocycles. The summed E-state index contributed by atoms with van der Waals surface area (Å²) in [5, 5.41) is 4.28. The summed E-state index contributed by atoms with van der Waals surface area (Å²) < 4.78 is 5.57. The van der Waals surface area contributed by atoms with Crippen molar-refractivity contribution in [2.24, 2.45) is 0 Å². The van der Waals surface area contributed by atoms with Gasteiger partial charge in [0.1, 0.15) is 0 Å². The third-order valence-electron chi connectivity index (χ3n) is 2.64. The number of anilines is 1. The second kappa shape index (κ2) is 7.71. The van der Waals surface area contributed by atoms with Gasteiger partial charge in [0, 0.05) is 25.0 Å². The van der Waals surface area contributed by atoms with Crippen LogP contribution in [0.3, 0.4) is 0 Å². The fourth-order valence-corrected chi connectivity index (χ4v) is 2.78. The van der Waals surface area contributed by atoms with Crippen LogP contribution in [0, 0.1) is 0 Å². The molecular formula is C13H25N3OS. The van der Waals surface area contributed by atoms with E-state index in [2.05, 4.69) is 38.0 Å². The van der Waals surface area contributed by atoms with Crippen molar-refractivity contribution in [3.63, 3.8) is 0 Å². The van der Waals surface area contributed by atoms with Gasteiger partial charge in [-0.1, -0.05) is 6.92 Å². The van der Waals surface area contributed by atoms with Crippen molar-refractivity contribution in [1.29, 1.82) is 0 Å². The molecule has 0 unspecified atom stereocenters. The summed E-state index contributed by atoms with van der Waals surface area (Å²) in [5.74, 6) is 0. The number of hydrogen-bond acceptors (Lipinski definition) is 5. The summed E-state index contributed by atoms with van der Waals surface area (Å²) in [7, 11) is 4.05. The van der Waals surface area contributed by atoms with Crippen molar-refractivity contribution >= 4 is 16.5 Å². The first-order valence-corrected chi connectivity index (χ1v) is 7.36. The Morgan fingerprint density at radius 1 is 1.44 bits per heavy atom. The third kappa shape index (κ3) is 4.55. The molecule has 0 saturated heterocycles. The molecule has 18 heavy (non-hydrogen) atoms. The average Bonchev–Trinajstić information content (AvgIpc) is 2.72. The lowest BCUT2D eigenvalue weighted by Crippen LogP contribution is -2.23. The lowest BCUT2D eigenvalue weighted by Gasteiger charge is -2.16. The standard InChI is InChI=1S/C13H25N3OS/c1-6-11-12(9-14-4)18-13(15-11)16(5)7-8-17-10(2)3/h10,14H,6-9H2,1-5H3. The van der Waals surface area contributed by atoms with E-state index in [-0.39, 0.29) is 0 Å². The van der Waals surface area contributed by atoms with Gasteiger partial charge >= 0.3 is 0 Å². The number of ether oxygens (including phenoxy) is 1. The molecule has 0 aliphatic heterocycles. The van der Waals surface area contributed by atoms with Crippen LogP contribution in [-0.2, 0) is 17.7 Å². The minimum atomic E-state index is 0.292. The molecule has 1 rings (SSSR count). The number of nitrogens with one attached hydrogen (secondary N) is 1. The van der Waals surface area contributed by atoms with Gasteiger partial charge in [-0.2, -0.15) is 0 Å². The van der Waals surface area contributed by atoms with E-state index in [9.17, 15) is 0 Å². The number of thiazole rings is 1. The maximum Gasteiger partial charge on any atom is 0.185 e. The fraction of sp³-hybridized carbons (Fsp3) is 0.769. The van der Waals surface area contributed by atoms with E-state index in [1.165, 1.54) is 10.6 Å². The summed E-state index contributed by atoms with van der Waals surface area (Å²) in [4.78, 5) is 8.21. The molecule has 104 valence electrons. The summed E-state index contributed by atoms with van der Waals surface area (Å²) in [6, 6.07) is 0. The number of nitrogens with zero attached hydrogens (tertiary/aromatic N) is 2. The van der Waals surface area contributed by atoms with Crippen LogP contribution >= 0.6 is 11.3 Å². The smallest absolute Gasteiger partial charge is 0.185 e. The summed E-state index contributed by atoms with van der Waals surface area (Å²) in [5.41, 5.74) is 1.21. The molecule has 0 radical (unpaired) electrons. The lowest BCUT2D eigenvalue weighted by molar-refractivity contribution is 0.0846. The van der Waals surface area contributed by atoms with E-state index >= 15 is 0 Å². The molecule has 1 heterocycles. The Labute approximate surface area is 114 Å². The van der Waals surface area contributed by atoms with Crippen LogP contribution < -0.4 is 10.2 Å². The third-order valence-corrected chi connectivity index (χ3v) is 3.86. The van der Waals surface area contributed by atoms with Crippen LogP contribution in [0.2, 0.25) is 0 Å². The normalized spacial score (nSPS) is 11.2. The highest BCUT2D eigenvalue weighted by atomic mass is 32.1. The maximum absolute atomic E-state index is 5.57. The van der Waals surface area contributed by atoms with Gasteiger partial charge in [0.05, 0.1) is 18.4 Å². The van der Waals surface area contributed by atoms with E-state index < -0.39 is 0 Å². The van der Waals surface area contributed by atoms with Crippen LogP contribution in [0.15, 0.2) is 0 Å². The van der Waals surface area contributed by atoms with Gasteiger partial charge in [-0.3, -0.25) is 0 Å². The Morgan fingerprint density at radius 3 is 2.72 bits per heavy atom. The first-order chi connectivity index (χ1) is 8.58. The van der Waals surface area contributed by atoms with E-state index in [1.807, 2.05) is 7.05 Å². The quantitative estimate of drug-likeness (QED) is 0.787. The molecule has 0 amide bonds. The van der Waals surface area contributed by atoms with E-state index in [4.69, 9.17) is 9.72 Å². The SMILES string of the molecule is CCc1nc(N(C)CCOC(C)C)sc1CNC. The van der Waals surface area contributed by atoms with E-state index in [0.717, 1.165) is 31.2 Å². The van der Waals surface area contributed by atoms with Gasteiger partial charge < -0.3 is 15.0 Å². The number of aryl methyl sites for hydroxylation is 1. The molecule has 0 fully saturated rings. The molecule has 4 nitrogen and oxygen atoms in total. The highest BCUT2D eigenvalue weighted by Gasteiger charge is 2.12. The lowest BCUT2D eigenvalue weighted by atomic mass is 10.3. The highest BCUT2D eigenvalue weighted by molar-refractivity contribution is 7.15. The molecule has 0 aromatic carbocycles. The minimum Gasteiger partial charge on any atom is -0.377 e. The first-order valence-electron chi connectivity index (χ1n) is 6.54. The zero-order chi connectivity index (χ0) is 13.5. The molecule has 1 aromatic rings. The van der Waals surface area contributed by atoms with Crippen molar-refractivity contribution in [1.82, 2.24) is 10.3 Å². The molecule has 1 N–H and O–H groups in total. The molecular weight excluding hydrogens is 246 g/mol. The van der Waals surface area contributed by atoms with Crippen LogP contribution in [-0.4, -0.2) is 38.3 Å². The minimum absolute atomic E-state index is 0.292. The Kier molecular flexibility index (Phi) is 6.60. The van der Waals surface area contributed by atoms with Crippen LogP contribution in [0.1, 0.15) is 31.3 Å². The van der Waals surface area contributed by atoms with Gasteiger partial charge in [0.15, 0.2) is 5.13 Å². The molecule has 0 bridgehead atoms. The monoisotopic (exact) mass is 271 g/mol. The summed E-state index contributed by atoms with van der Waals surface area (Å²) >= 11 is 1.77. The molecule has 1 aromatic heterocycles. The number of aromatic nitrogens is 1. The molecule has 0 aliphatic rings. The van der Waals surface area contributed by atoms with Gasteiger partial charge in [0.25, 0.3) is 0 Å². The number of rotatable bonds is 8. The highest BCUT2D eigenvalue weighted by Crippen LogP contribution is 2.25. The predicted octanol–water partition coefficient (Wildman–Crippen LogP) is 2.29. The van der Waals surface area contributed by atoms with E-state index in [0.29, 0.717) is 6.10 Å². The predicted molar refractivity (Wildman–Crippen MR) is 78.6 cm³/mol. The van der Waals surface area contributed by atoms with Crippen molar-refractivity contribution < 1.29 is 4.74 Å². The van der Waals surface area contributed by atoms with Gasteiger partial charge in [-0.15, -0.1) is 11.3 Å². The van der Waals surface area contributed by atoms with Gasteiger partial charge in [-0.25, -0.2) is 4.98 Å². The number of hydrogen-bond donors (Lipinski definition) is 1. The van der Waals surface area contributed by atoms with Crippen molar-refractivity contribution in [3.05, 3.63) is 10.6 Å². The Bertz CT molecular complexity index is 352. The second-order valence-electron chi connectivity index (χ2n) is 4.59. The summed E-state index contributed by atoms with van der Waals surface area (Å²) in [6.45, 7) is 8.80. The zero-order valence-electron chi connectivity index (χ0n) is 12.1. The fourth-order valence-electron chi connectivity index (χ4n) is 1.63. The molecule has 0 atom stereocenters. The molecule has 0 saturated carbocycles. The number of likely N-dealkylation sites (N-methyl/N-ethyl adjacent to an activating group) is 1. The maximum atomic E-state index is 5.57. The topological polar surface area (TPSA) is 37.4 Å². The first kappa shape index (κ1) is 15.4. The van der Waals surface area contributed by atoms with Crippen molar-refractivity contribution in [3.8, 4) is 0 Å². The van der Waals surface area contributed by atoms with Crippen LogP contribution in [0.5, 0.6) is 0 Å². The summed E-state index contributed by atoms with van der Waals surface area (Å²) in [6.07, 6.45) is 1.28. The van der Waals surface area contributed by atoms with Crippen LogP contribution in [0.4, 0.5) is 5.13 Å². The van der Waals surface area contributed by atoms with Gasteiger partial charge in [-0.05, 0) is 27.3 Å². The second-order valence-corrected chi connectivity index (χ2v) is 5.65. The van der Waals surface area contributed by atoms with Crippen molar-refractivity contribution in [2.45, 2.75) is 39.8 Å². The van der Waals surface area contributed by atoms with Crippen LogP contribution in [0.25, 0.3) is 0 Å². The van der Waals surface area contributed by atoms with Crippen molar-refractivity contribution in [2.75, 3.05) is 32.1 Å². The molecule has 0 spiro atoms. The largest absolute Gasteiger partial charge is 0.377 e. The Balaban J connectivity index is 2.59. The Morgan fingerprint density at radius 2 is 2.17 bits per heavy atom. The average molecular weight is 271 g/mol. The molecule has 5 heteroatoms.